The van der Waals surface area contributed by atoms with Crippen molar-refractivity contribution in [1.82, 2.24) is 14.7 Å². The maximum atomic E-state index is 5.88. The highest BCUT2D eigenvalue weighted by atomic mass is 16.5. The van der Waals surface area contributed by atoms with Crippen molar-refractivity contribution in [2.24, 2.45) is 10.7 Å². The van der Waals surface area contributed by atoms with Gasteiger partial charge in [0.25, 0.3) is 0 Å². The Morgan fingerprint density at radius 2 is 2.41 bits per heavy atom. The molecule has 0 radical (unpaired) electrons. The van der Waals surface area contributed by atoms with Crippen LogP contribution in [0.4, 0.5) is 0 Å². The number of hydrogen-bond donors (Lipinski definition) is 1. The van der Waals surface area contributed by atoms with Crippen molar-refractivity contribution in [2.75, 3.05) is 26.8 Å². The van der Waals surface area contributed by atoms with Crippen LogP contribution in [0.25, 0.3) is 0 Å². The Kier molecular flexibility index (Phi) is 3.63. The maximum absolute atomic E-state index is 5.88. The smallest absolute Gasteiger partial charge is 0.192 e. The van der Waals surface area contributed by atoms with Crippen LogP contribution in [0.1, 0.15) is 18.5 Å². The largest absolute Gasteiger partial charge is 0.383 e. The van der Waals surface area contributed by atoms with E-state index in [-0.39, 0.29) is 6.04 Å². The summed E-state index contributed by atoms with van der Waals surface area (Å²) in [5.74, 6) is 0.594. The molecule has 2 heterocycles. The van der Waals surface area contributed by atoms with E-state index in [1.165, 1.54) is 0 Å². The van der Waals surface area contributed by atoms with Gasteiger partial charge in [-0.15, -0.1) is 0 Å². The Morgan fingerprint density at radius 1 is 1.59 bits per heavy atom. The van der Waals surface area contributed by atoms with Crippen molar-refractivity contribution in [1.29, 1.82) is 0 Å². The van der Waals surface area contributed by atoms with Crippen LogP contribution in [-0.4, -0.2) is 47.4 Å². The molecule has 1 aromatic rings. The number of ether oxygens (including phenoxy) is 1. The summed E-state index contributed by atoms with van der Waals surface area (Å²) < 4.78 is 7.00. The van der Waals surface area contributed by atoms with E-state index in [2.05, 4.69) is 28.1 Å². The molecule has 6 nitrogen and oxygen atoms in total. The molecule has 0 bridgehead atoms. The standard InChI is InChI=1S/C11H19N5O/c1-3-15-8-9(6-14-15)10-7-13-11(12)16(10)4-5-17-2/h6,8,10H,3-5,7H2,1-2H3,(H2,12,13). The summed E-state index contributed by atoms with van der Waals surface area (Å²) >= 11 is 0. The maximum Gasteiger partial charge on any atom is 0.192 e. The zero-order valence-corrected chi connectivity index (χ0v) is 10.3. The van der Waals surface area contributed by atoms with Gasteiger partial charge in [0.15, 0.2) is 5.96 Å². The fourth-order valence-corrected chi connectivity index (χ4v) is 2.00. The molecule has 0 fully saturated rings. The van der Waals surface area contributed by atoms with Crippen molar-refractivity contribution < 1.29 is 4.74 Å². The number of aryl methyl sites for hydroxylation is 1. The minimum atomic E-state index is 0.199. The lowest BCUT2D eigenvalue weighted by Crippen LogP contribution is -2.38. The van der Waals surface area contributed by atoms with Crippen molar-refractivity contribution in [3.63, 3.8) is 0 Å². The number of nitrogens with two attached hydrogens (primary N) is 1. The molecular weight excluding hydrogens is 218 g/mol. The van der Waals surface area contributed by atoms with Crippen LogP contribution in [-0.2, 0) is 11.3 Å². The van der Waals surface area contributed by atoms with Gasteiger partial charge in [-0.1, -0.05) is 0 Å². The molecule has 1 unspecified atom stereocenters. The SMILES string of the molecule is CCn1cc(C2CN=C(N)N2CCOC)cn1. The third-order valence-corrected chi connectivity index (χ3v) is 3.00. The van der Waals surface area contributed by atoms with Crippen molar-refractivity contribution in [2.45, 2.75) is 19.5 Å². The lowest BCUT2D eigenvalue weighted by molar-refractivity contribution is 0.166. The molecule has 1 atom stereocenters. The Hall–Kier alpha value is -1.56. The summed E-state index contributed by atoms with van der Waals surface area (Å²) in [6, 6.07) is 0.199. The average molecular weight is 237 g/mol. The van der Waals surface area contributed by atoms with E-state index < -0.39 is 0 Å². The molecule has 1 aliphatic heterocycles. The third-order valence-electron chi connectivity index (χ3n) is 3.00. The highest BCUT2D eigenvalue weighted by Crippen LogP contribution is 2.24. The summed E-state index contributed by atoms with van der Waals surface area (Å²) in [6.45, 7) is 5.05. The fraction of sp³-hybridized carbons (Fsp3) is 0.636. The number of aromatic nitrogens is 2. The second-order valence-electron chi connectivity index (χ2n) is 4.03. The van der Waals surface area contributed by atoms with Gasteiger partial charge in [-0.25, -0.2) is 0 Å². The first-order chi connectivity index (χ1) is 8.26. The predicted molar refractivity (Wildman–Crippen MR) is 65.7 cm³/mol. The van der Waals surface area contributed by atoms with Crippen LogP contribution in [0.3, 0.4) is 0 Å². The van der Waals surface area contributed by atoms with Crippen molar-refractivity contribution >= 4 is 5.96 Å². The van der Waals surface area contributed by atoms with Gasteiger partial charge in [-0.3, -0.25) is 9.67 Å². The van der Waals surface area contributed by atoms with Gasteiger partial charge in [0.05, 0.1) is 25.4 Å². The van der Waals surface area contributed by atoms with Gasteiger partial charge < -0.3 is 15.4 Å². The minimum Gasteiger partial charge on any atom is -0.383 e. The van der Waals surface area contributed by atoms with Gasteiger partial charge >= 0.3 is 0 Å². The summed E-state index contributed by atoms with van der Waals surface area (Å²) in [4.78, 5) is 6.36. The van der Waals surface area contributed by atoms with Gasteiger partial charge in [0.1, 0.15) is 0 Å². The van der Waals surface area contributed by atoms with Crippen LogP contribution in [0.2, 0.25) is 0 Å². The van der Waals surface area contributed by atoms with E-state index in [9.17, 15) is 0 Å². The summed E-state index contributed by atoms with van der Waals surface area (Å²) in [7, 11) is 1.69. The summed E-state index contributed by atoms with van der Waals surface area (Å²) in [5.41, 5.74) is 7.04. The first-order valence-corrected chi connectivity index (χ1v) is 5.84. The van der Waals surface area contributed by atoms with E-state index in [1.54, 1.807) is 7.11 Å². The van der Waals surface area contributed by atoms with Crippen molar-refractivity contribution in [3.05, 3.63) is 18.0 Å². The van der Waals surface area contributed by atoms with E-state index in [0.29, 0.717) is 19.1 Å². The molecule has 6 heteroatoms. The van der Waals surface area contributed by atoms with E-state index in [4.69, 9.17) is 10.5 Å². The minimum absolute atomic E-state index is 0.199. The van der Waals surface area contributed by atoms with Crippen LogP contribution < -0.4 is 5.73 Å². The lowest BCUT2D eigenvalue weighted by Gasteiger charge is -2.24. The third kappa shape index (κ3) is 2.41. The first kappa shape index (κ1) is 11.9. The molecule has 0 aliphatic carbocycles. The van der Waals surface area contributed by atoms with Crippen molar-refractivity contribution in [3.8, 4) is 0 Å². The number of hydrogen-bond acceptors (Lipinski definition) is 5. The second-order valence-corrected chi connectivity index (χ2v) is 4.03. The molecule has 2 rings (SSSR count). The molecule has 0 aromatic carbocycles. The molecule has 0 saturated heterocycles. The molecule has 17 heavy (non-hydrogen) atoms. The van der Waals surface area contributed by atoms with E-state index >= 15 is 0 Å². The van der Waals surface area contributed by atoms with Crippen LogP contribution >= 0.6 is 0 Å². The Labute approximate surface area is 101 Å². The molecule has 94 valence electrons. The molecule has 1 aliphatic rings. The zero-order valence-electron chi connectivity index (χ0n) is 10.3. The highest BCUT2D eigenvalue weighted by molar-refractivity contribution is 5.80. The molecule has 1 aromatic heterocycles. The second kappa shape index (κ2) is 5.18. The molecule has 0 saturated carbocycles. The first-order valence-electron chi connectivity index (χ1n) is 5.84. The van der Waals surface area contributed by atoms with E-state index in [0.717, 1.165) is 18.7 Å². The Morgan fingerprint density at radius 3 is 3.06 bits per heavy atom. The summed E-state index contributed by atoms with van der Waals surface area (Å²) in [6.07, 6.45) is 3.95. The molecule has 0 amide bonds. The topological polar surface area (TPSA) is 68.7 Å². The zero-order chi connectivity index (χ0) is 12.3. The number of rotatable bonds is 5. The lowest BCUT2D eigenvalue weighted by atomic mass is 10.1. The van der Waals surface area contributed by atoms with Gasteiger partial charge in [0, 0.05) is 32.0 Å². The van der Waals surface area contributed by atoms with Gasteiger partial charge in [-0.05, 0) is 6.92 Å². The number of aliphatic imine (C=N–C) groups is 1. The monoisotopic (exact) mass is 237 g/mol. The normalized spacial score (nSPS) is 19.8. The van der Waals surface area contributed by atoms with Crippen LogP contribution in [0, 0.1) is 0 Å². The predicted octanol–water partition coefficient (Wildman–Crippen LogP) is 0.221. The number of guanidine groups is 1. The molecular formula is C11H19N5O. The van der Waals surface area contributed by atoms with Crippen LogP contribution in [0.5, 0.6) is 0 Å². The highest BCUT2D eigenvalue weighted by Gasteiger charge is 2.27. The summed E-state index contributed by atoms with van der Waals surface area (Å²) in [5, 5.41) is 4.29. The fourth-order valence-electron chi connectivity index (χ4n) is 2.00. The van der Waals surface area contributed by atoms with Gasteiger partial charge in [-0.2, -0.15) is 5.10 Å². The van der Waals surface area contributed by atoms with E-state index in [1.807, 2.05) is 10.9 Å². The Balaban J connectivity index is 2.09. The van der Waals surface area contributed by atoms with Gasteiger partial charge in [0.2, 0.25) is 0 Å². The van der Waals surface area contributed by atoms with Crippen LogP contribution in [0.15, 0.2) is 17.4 Å². The average Bonchev–Trinajstić information content (AvgIpc) is 2.93. The number of nitrogens with zero attached hydrogens (tertiary/aromatic N) is 4. The Bertz CT molecular complexity index is 400. The molecule has 2 N–H and O–H groups in total. The number of methoxy groups -OCH3 is 1. The quantitative estimate of drug-likeness (QED) is 0.795. The molecule has 0 spiro atoms.